The molecule has 28 heavy (non-hydrogen) atoms. The van der Waals surface area contributed by atoms with Gasteiger partial charge in [-0.25, -0.2) is 9.67 Å². The molecule has 0 saturated carbocycles. The summed E-state index contributed by atoms with van der Waals surface area (Å²) in [6.45, 7) is 8.01. The number of rotatable bonds is 6. The van der Waals surface area contributed by atoms with E-state index >= 15 is 0 Å². The third kappa shape index (κ3) is 3.94. The molecular weight excluding hydrogens is 378 g/mol. The molecule has 0 spiro atoms. The Bertz CT molecular complexity index is 1080. The highest BCUT2D eigenvalue weighted by atomic mass is 35.5. The van der Waals surface area contributed by atoms with E-state index in [1.54, 1.807) is 10.9 Å². The molecule has 148 valence electrons. The molecule has 0 radical (unpaired) electrons. The zero-order chi connectivity index (χ0) is 20.4. The average molecular weight is 402 g/mol. The largest absolute Gasteiger partial charge is 0.348 e. The lowest BCUT2D eigenvalue weighted by atomic mass is 10.0. The lowest BCUT2D eigenvalue weighted by Crippen LogP contribution is -2.28. The smallest absolute Gasteiger partial charge is 0.253 e. The number of carbonyl (C=O) groups is 1. The predicted molar refractivity (Wildman–Crippen MR) is 110 cm³/mol. The maximum Gasteiger partial charge on any atom is 0.253 e. The molecule has 3 rings (SSSR count). The number of nitrogens with zero attached hydrogens (tertiary/aromatic N) is 3. The van der Waals surface area contributed by atoms with Crippen molar-refractivity contribution in [1.29, 1.82) is 0 Å². The number of halogens is 1. The van der Waals surface area contributed by atoms with Crippen molar-refractivity contribution in [2.75, 3.05) is 0 Å². The van der Waals surface area contributed by atoms with Crippen molar-refractivity contribution in [3.8, 4) is 0 Å². The van der Waals surface area contributed by atoms with Crippen LogP contribution in [0.5, 0.6) is 0 Å². The second-order valence-corrected chi connectivity index (χ2v) is 7.52. The molecule has 2 N–H and O–H groups in total. The van der Waals surface area contributed by atoms with Crippen molar-refractivity contribution in [2.24, 2.45) is 0 Å². The van der Waals surface area contributed by atoms with Crippen molar-refractivity contribution in [2.45, 2.75) is 53.1 Å². The van der Waals surface area contributed by atoms with Gasteiger partial charge in [-0.3, -0.25) is 9.59 Å². The third-order valence-corrected chi connectivity index (χ3v) is 4.77. The van der Waals surface area contributed by atoms with Crippen LogP contribution in [0.25, 0.3) is 11.0 Å². The number of hydrogen-bond acceptors (Lipinski definition) is 4. The molecule has 1 amide bonds. The average Bonchev–Trinajstić information content (AvgIpc) is 3.04. The normalized spacial score (nSPS) is 11.4. The number of amides is 1. The molecule has 3 heterocycles. The molecule has 3 aromatic rings. The van der Waals surface area contributed by atoms with Gasteiger partial charge in [0.05, 0.1) is 17.1 Å². The second-order valence-electron chi connectivity index (χ2n) is 7.13. The van der Waals surface area contributed by atoms with Crippen LogP contribution in [0.15, 0.2) is 23.1 Å². The van der Waals surface area contributed by atoms with Crippen molar-refractivity contribution in [3.05, 3.63) is 56.2 Å². The Morgan fingerprint density at radius 1 is 1.36 bits per heavy atom. The lowest BCUT2D eigenvalue weighted by Gasteiger charge is -2.11. The fourth-order valence-corrected chi connectivity index (χ4v) is 3.48. The molecule has 0 aliphatic heterocycles. The summed E-state index contributed by atoms with van der Waals surface area (Å²) in [7, 11) is 0. The van der Waals surface area contributed by atoms with Gasteiger partial charge in [-0.05, 0) is 44.9 Å². The number of aryl methyl sites for hydroxylation is 2. The number of H-pyrrole nitrogens is 1. The van der Waals surface area contributed by atoms with E-state index in [9.17, 15) is 9.59 Å². The molecule has 3 aromatic heterocycles. The summed E-state index contributed by atoms with van der Waals surface area (Å²) in [5.74, 6) is -0.319. The number of fused-ring (bicyclic) bond motifs is 1. The molecule has 8 heteroatoms. The van der Waals surface area contributed by atoms with Gasteiger partial charge in [0.15, 0.2) is 5.65 Å². The summed E-state index contributed by atoms with van der Waals surface area (Å²) in [6.07, 6.45) is 3.32. The summed E-state index contributed by atoms with van der Waals surface area (Å²) in [6, 6.07) is 3.57. The molecule has 0 saturated heterocycles. The monoisotopic (exact) mass is 401 g/mol. The van der Waals surface area contributed by atoms with Gasteiger partial charge >= 0.3 is 0 Å². The minimum atomic E-state index is -0.319. The number of nitrogens with one attached hydrogen (secondary N) is 2. The fraction of sp³-hybridized carbons (Fsp3) is 0.400. The van der Waals surface area contributed by atoms with E-state index in [4.69, 9.17) is 11.6 Å². The Balaban J connectivity index is 1.92. The van der Waals surface area contributed by atoms with Gasteiger partial charge in [-0.2, -0.15) is 5.10 Å². The van der Waals surface area contributed by atoms with Crippen LogP contribution in [0, 0.1) is 6.92 Å². The maximum absolute atomic E-state index is 12.9. The SMILES string of the molecule is CCCc1cc(C)[nH]c(=O)c1CNC(=O)c1cc(Cl)nc2c1cnn2C(C)C. The first-order chi connectivity index (χ1) is 13.3. The first kappa shape index (κ1) is 20.1. The Hall–Kier alpha value is -2.67. The van der Waals surface area contributed by atoms with Crippen LogP contribution in [0.1, 0.15) is 60.4 Å². The predicted octanol–water partition coefficient (Wildman–Crippen LogP) is 3.54. The summed E-state index contributed by atoms with van der Waals surface area (Å²) < 4.78 is 1.72. The lowest BCUT2D eigenvalue weighted by molar-refractivity contribution is 0.0952. The second kappa shape index (κ2) is 8.14. The van der Waals surface area contributed by atoms with Crippen molar-refractivity contribution < 1.29 is 4.79 Å². The van der Waals surface area contributed by atoms with Gasteiger partial charge in [0.25, 0.3) is 11.5 Å². The number of pyridine rings is 2. The zero-order valence-corrected chi connectivity index (χ0v) is 17.2. The van der Waals surface area contributed by atoms with Gasteiger partial charge in [0, 0.05) is 23.8 Å². The van der Waals surface area contributed by atoms with E-state index in [-0.39, 0.29) is 29.2 Å². The Morgan fingerprint density at radius 2 is 2.11 bits per heavy atom. The molecule has 0 unspecified atom stereocenters. The first-order valence-corrected chi connectivity index (χ1v) is 9.73. The number of hydrogen-bond donors (Lipinski definition) is 2. The minimum Gasteiger partial charge on any atom is -0.348 e. The molecular formula is C20H24ClN5O2. The van der Waals surface area contributed by atoms with Gasteiger partial charge in [-0.1, -0.05) is 24.9 Å². The van der Waals surface area contributed by atoms with E-state index in [0.29, 0.717) is 22.2 Å². The molecule has 0 bridgehead atoms. The summed E-state index contributed by atoms with van der Waals surface area (Å²) in [5.41, 5.74) is 3.13. The molecule has 0 aliphatic rings. The first-order valence-electron chi connectivity index (χ1n) is 9.35. The van der Waals surface area contributed by atoms with E-state index < -0.39 is 0 Å². The Labute approximate surface area is 168 Å². The highest BCUT2D eigenvalue weighted by Gasteiger charge is 2.18. The molecule has 0 aliphatic carbocycles. The molecule has 0 aromatic carbocycles. The van der Waals surface area contributed by atoms with Crippen LogP contribution in [-0.2, 0) is 13.0 Å². The summed E-state index contributed by atoms with van der Waals surface area (Å²) in [5, 5.41) is 8.02. The zero-order valence-electron chi connectivity index (χ0n) is 16.5. The minimum absolute atomic E-state index is 0.0853. The molecule has 0 fully saturated rings. The van der Waals surface area contributed by atoms with Gasteiger partial charge < -0.3 is 10.3 Å². The van der Waals surface area contributed by atoms with Gasteiger partial charge in [-0.15, -0.1) is 0 Å². The Morgan fingerprint density at radius 3 is 2.79 bits per heavy atom. The molecule has 7 nitrogen and oxygen atoms in total. The highest BCUT2D eigenvalue weighted by Crippen LogP contribution is 2.23. The fourth-order valence-electron chi connectivity index (χ4n) is 3.29. The van der Waals surface area contributed by atoms with Crippen LogP contribution in [0.4, 0.5) is 0 Å². The molecule has 0 atom stereocenters. The summed E-state index contributed by atoms with van der Waals surface area (Å²) >= 11 is 6.14. The van der Waals surface area contributed by atoms with Gasteiger partial charge in [0.1, 0.15) is 5.15 Å². The number of aromatic amines is 1. The van der Waals surface area contributed by atoms with E-state index in [2.05, 4.69) is 27.3 Å². The third-order valence-electron chi connectivity index (χ3n) is 4.58. The van der Waals surface area contributed by atoms with Crippen LogP contribution in [0.2, 0.25) is 5.15 Å². The Kier molecular flexibility index (Phi) is 5.84. The number of aromatic nitrogens is 4. The summed E-state index contributed by atoms with van der Waals surface area (Å²) in [4.78, 5) is 32.4. The topological polar surface area (TPSA) is 92.7 Å². The number of carbonyl (C=O) groups excluding carboxylic acids is 1. The van der Waals surface area contributed by atoms with Crippen LogP contribution < -0.4 is 10.9 Å². The van der Waals surface area contributed by atoms with E-state index in [0.717, 1.165) is 24.1 Å². The van der Waals surface area contributed by atoms with E-state index in [1.807, 2.05) is 26.8 Å². The standard InChI is InChI=1S/C20H24ClN5O2/c1-5-6-13-7-12(4)24-20(28)15(13)9-22-19(27)14-8-17(21)25-18-16(14)10-23-26(18)11(2)3/h7-8,10-11H,5-6,9H2,1-4H3,(H,22,27)(H,24,28). The van der Waals surface area contributed by atoms with Crippen molar-refractivity contribution in [3.63, 3.8) is 0 Å². The quantitative estimate of drug-likeness (QED) is 0.618. The highest BCUT2D eigenvalue weighted by molar-refractivity contribution is 6.30. The van der Waals surface area contributed by atoms with Crippen molar-refractivity contribution in [1.82, 2.24) is 25.1 Å². The van der Waals surface area contributed by atoms with Crippen LogP contribution in [0.3, 0.4) is 0 Å². The van der Waals surface area contributed by atoms with Crippen molar-refractivity contribution >= 4 is 28.5 Å². The maximum atomic E-state index is 12.9. The van der Waals surface area contributed by atoms with Crippen LogP contribution >= 0.6 is 11.6 Å². The van der Waals surface area contributed by atoms with E-state index in [1.165, 1.54) is 6.07 Å². The van der Waals surface area contributed by atoms with Gasteiger partial charge in [0.2, 0.25) is 0 Å². The van der Waals surface area contributed by atoms with Crippen LogP contribution in [-0.4, -0.2) is 25.7 Å².